The van der Waals surface area contributed by atoms with Crippen LogP contribution < -0.4 is 16.0 Å². The molecule has 0 aliphatic rings. The minimum absolute atomic E-state index is 0.0238. The van der Waals surface area contributed by atoms with E-state index in [1.807, 2.05) is 64.1 Å². The number of benzene rings is 1. The second-order valence-corrected chi connectivity index (χ2v) is 5.69. The Kier molecular flexibility index (Phi) is 5.03. The topological polar surface area (TPSA) is 57.2 Å². The molecule has 1 unspecified atom stereocenters. The lowest BCUT2D eigenvalue weighted by Crippen LogP contribution is -2.29. The monoisotopic (exact) mass is 300 g/mol. The number of ether oxygens (including phenoxy) is 1. The Hall–Kier alpha value is -2.07. The molecule has 2 N–H and O–H groups in total. The van der Waals surface area contributed by atoms with Gasteiger partial charge in [0.1, 0.15) is 5.75 Å². The van der Waals surface area contributed by atoms with Gasteiger partial charge in [-0.3, -0.25) is 4.79 Å². The highest BCUT2D eigenvalue weighted by atomic mass is 16.5. The van der Waals surface area contributed by atoms with Crippen LogP contribution in [0.4, 0.5) is 0 Å². The molecule has 0 saturated heterocycles. The van der Waals surface area contributed by atoms with Crippen LogP contribution in [0.25, 0.3) is 11.3 Å². The van der Waals surface area contributed by atoms with Crippen molar-refractivity contribution in [1.82, 2.24) is 4.57 Å². The van der Waals surface area contributed by atoms with Gasteiger partial charge in [-0.1, -0.05) is 12.1 Å². The molecule has 1 aromatic carbocycles. The Balaban J connectivity index is 2.63. The Bertz CT molecular complexity index is 702. The average molecular weight is 300 g/mol. The van der Waals surface area contributed by atoms with Crippen molar-refractivity contribution in [1.29, 1.82) is 0 Å². The molecule has 0 saturated carbocycles. The highest BCUT2D eigenvalue weighted by Gasteiger charge is 2.15. The van der Waals surface area contributed by atoms with Crippen molar-refractivity contribution in [2.75, 3.05) is 6.61 Å². The molecule has 22 heavy (non-hydrogen) atoms. The molecule has 1 atom stereocenters. The van der Waals surface area contributed by atoms with E-state index in [1.165, 1.54) is 0 Å². The molecule has 1 heterocycles. The lowest BCUT2D eigenvalue weighted by Gasteiger charge is -2.19. The predicted molar refractivity (Wildman–Crippen MR) is 90.3 cm³/mol. The number of rotatable bonds is 5. The lowest BCUT2D eigenvalue weighted by molar-refractivity contribution is 0.340. The Morgan fingerprint density at radius 1 is 1.18 bits per heavy atom. The summed E-state index contributed by atoms with van der Waals surface area (Å²) in [6, 6.07) is 11.4. The van der Waals surface area contributed by atoms with Crippen LogP contribution in [0.3, 0.4) is 0 Å². The number of pyridine rings is 1. The van der Waals surface area contributed by atoms with Gasteiger partial charge in [-0.15, -0.1) is 0 Å². The van der Waals surface area contributed by atoms with Crippen LogP contribution in [0.2, 0.25) is 0 Å². The summed E-state index contributed by atoms with van der Waals surface area (Å²) in [5.74, 6) is 0.805. The van der Waals surface area contributed by atoms with Gasteiger partial charge in [-0.25, -0.2) is 0 Å². The summed E-state index contributed by atoms with van der Waals surface area (Å²) in [5.41, 5.74) is 8.36. The molecule has 0 aliphatic heterocycles. The maximum atomic E-state index is 12.7. The quantitative estimate of drug-likeness (QED) is 0.919. The third kappa shape index (κ3) is 3.22. The summed E-state index contributed by atoms with van der Waals surface area (Å²) in [6.45, 7) is 8.40. The van der Waals surface area contributed by atoms with Gasteiger partial charge in [0.25, 0.3) is 5.56 Å². The summed E-state index contributed by atoms with van der Waals surface area (Å²) in [7, 11) is 0. The second kappa shape index (κ2) is 6.79. The van der Waals surface area contributed by atoms with Crippen molar-refractivity contribution in [2.45, 2.75) is 39.8 Å². The fourth-order valence-corrected chi connectivity index (χ4v) is 2.58. The molecule has 0 bridgehead atoms. The molecular formula is C18H24N2O2. The normalized spacial score (nSPS) is 12.5. The van der Waals surface area contributed by atoms with Crippen molar-refractivity contribution in [2.24, 2.45) is 5.73 Å². The highest BCUT2D eigenvalue weighted by molar-refractivity contribution is 5.62. The van der Waals surface area contributed by atoms with E-state index >= 15 is 0 Å². The number of nitrogens with zero attached hydrogens (tertiary/aromatic N) is 1. The maximum absolute atomic E-state index is 12.7. The smallest absolute Gasteiger partial charge is 0.256 e. The number of nitrogens with two attached hydrogens (primary N) is 1. The summed E-state index contributed by atoms with van der Waals surface area (Å²) in [5, 5.41) is 0. The molecule has 4 heteroatoms. The second-order valence-electron chi connectivity index (χ2n) is 5.69. The summed E-state index contributed by atoms with van der Waals surface area (Å²) >= 11 is 0. The molecule has 0 spiro atoms. The van der Waals surface area contributed by atoms with Crippen LogP contribution in [-0.4, -0.2) is 11.2 Å². The maximum Gasteiger partial charge on any atom is 0.256 e. The van der Waals surface area contributed by atoms with Gasteiger partial charge in [0.05, 0.1) is 12.3 Å². The Labute approximate surface area is 131 Å². The van der Waals surface area contributed by atoms with E-state index < -0.39 is 0 Å². The first-order valence-corrected chi connectivity index (χ1v) is 7.70. The van der Waals surface area contributed by atoms with Gasteiger partial charge in [-0.05, 0) is 52.0 Å². The van der Waals surface area contributed by atoms with Crippen LogP contribution in [0.5, 0.6) is 5.75 Å². The Morgan fingerprint density at radius 2 is 1.91 bits per heavy atom. The third-order valence-corrected chi connectivity index (χ3v) is 3.59. The van der Waals surface area contributed by atoms with E-state index in [4.69, 9.17) is 10.5 Å². The molecule has 2 aromatic rings. The molecule has 0 aliphatic carbocycles. The fraction of sp³-hybridized carbons (Fsp3) is 0.389. The fourth-order valence-electron chi connectivity index (χ4n) is 2.58. The van der Waals surface area contributed by atoms with E-state index in [1.54, 1.807) is 4.57 Å². The van der Waals surface area contributed by atoms with E-state index in [2.05, 4.69) is 0 Å². The van der Waals surface area contributed by atoms with Crippen molar-refractivity contribution < 1.29 is 4.74 Å². The first kappa shape index (κ1) is 16.3. The zero-order valence-electron chi connectivity index (χ0n) is 13.7. The van der Waals surface area contributed by atoms with E-state index in [0.717, 1.165) is 17.0 Å². The predicted octanol–water partition coefficient (Wildman–Crippen LogP) is 3.51. The largest absolute Gasteiger partial charge is 0.494 e. The average Bonchev–Trinajstić information content (AvgIpc) is 2.46. The van der Waals surface area contributed by atoms with Crippen LogP contribution in [0.15, 0.2) is 41.2 Å². The van der Waals surface area contributed by atoms with Gasteiger partial charge < -0.3 is 15.0 Å². The lowest BCUT2D eigenvalue weighted by atomic mass is 10.1. The van der Waals surface area contributed by atoms with Crippen LogP contribution in [0, 0.1) is 0 Å². The van der Waals surface area contributed by atoms with E-state index in [0.29, 0.717) is 12.2 Å². The third-order valence-electron chi connectivity index (χ3n) is 3.59. The molecule has 0 fully saturated rings. The SMILES string of the molecule is CCOc1cccc(-c2ccc(C(C)N)c(=O)n2C(C)C)c1. The van der Waals surface area contributed by atoms with Crippen LogP contribution in [-0.2, 0) is 0 Å². The van der Waals surface area contributed by atoms with Gasteiger partial charge in [0.2, 0.25) is 0 Å². The van der Waals surface area contributed by atoms with Gasteiger partial charge in [0.15, 0.2) is 0 Å². The minimum Gasteiger partial charge on any atom is -0.494 e. The standard InChI is InChI=1S/C18H24N2O2/c1-5-22-15-8-6-7-14(11-15)17-10-9-16(13(4)19)18(21)20(17)12(2)3/h6-13H,5,19H2,1-4H3. The van der Waals surface area contributed by atoms with E-state index in [9.17, 15) is 4.79 Å². The first-order valence-electron chi connectivity index (χ1n) is 7.70. The van der Waals surface area contributed by atoms with Crippen molar-refractivity contribution in [3.05, 3.63) is 52.3 Å². The number of aromatic nitrogens is 1. The van der Waals surface area contributed by atoms with Crippen LogP contribution in [0.1, 0.15) is 45.3 Å². The summed E-state index contributed by atoms with van der Waals surface area (Å²) < 4.78 is 7.35. The van der Waals surface area contributed by atoms with Crippen molar-refractivity contribution in [3.8, 4) is 17.0 Å². The van der Waals surface area contributed by atoms with Crippen molar-refractivity contribution >= 4 is 0 Å². The van der Waals surface area contributed by atoms with Gasteiger partial charge in [-0.2, -0.15) is 0 Å². The Morgan fingerprint density at radius 3 is 2.50 bits per heavy atom. The number of hydrogen-bond acceptors (Lipinski definition) is 3. The molecule has 118 valence electrons. The van der Waals surface area contributed by atoms with Gasteiger partial charge >= 0.3 is 0 Å². The van der Waals surface area contributed by atoms with Crippen LogP contribution >= 0.6 is 0 Å². The molecular weight excluding hydrogens is 276 g/mol. The molecule has 2 rings (SSSR count). The van der Waals surface area contributed by atoms with Gasteiger partial charge in [0, 0.05) is 23.2 Å². The minimum atomic E-state index is -0.277. The van der Waals surface area contributed by atoms with Crippen molar-refractivity contribution in [3.63, 3.8) is 0 Å². The molecule has 4 nitrogen and oxygen atoms in total. The first-order chi connectivity index (χ1) is 10.5. The van der Waals surface area contributed by atoms with E-state index in [-0.39, 0.29) is 17.6 Å². The molecule has 0 radical (unpaired) electrons. The molecule has 1 aromatic heterocycles. The number of hydrogen-bond donors (Lipinski definition) is 1. The zero-order chi connectivity index (χ0) is 16.3. The summed E-state index contributed by atoms with van der Waals surface area (Å²) in [6.07, 6.45) is 0. The molecule has 0 amide bonds. The highest BCUT2D eigenvalue weighted by Crippen LogP contribution is 2.26. The zero-order valence-corrected chi connectivity index (χ0v) is 13.7. The summed E-state index contributed by atoms with van der Waals surface area (Å²) in [4.78, 5) is 12.7.